The number of nitrogens with one attached hydrogen (secondary N) is 2. The van der Waals surface area contributed by atoms with Gasteiger partial charge in [-0.2, -0.15) is 0 Å². The predicted molar refractivity (Wildman–Crippen MR) is 358 cm³/mol. The highest BCUT2D eigenvalue weighted by Gasteiger charge is 2.28. The molecule has 4 heterocycles. The summed E-state index contributed by atoms with van der Waals surface area (Å²) in [6.07, 6.45) is 5.11. The highest BCUT2D eigenvalue weighted by Crippen LogP contribution is 2.31. The van der Waals surface area contributed by atoms with E-state index in [0.29, 0.717) is 24.2 Å². The van der Waals surface area contributed by atoms with E-state index in [2.05, 4.69) is 30.2 Å². The predicted octanol–water partition coefficient (Wildman–Crippen LogP) is 8.74. The second-order valence-electron chi connectivity index (χ2n) is 24.2. The average Bonchev–Trinajstić information content (AvgIpc) is 1.40. The lowest BCUT2D eigenvalue weighted by molar-refractivity contribution is -0.124. The van der Waals surface area contributed by atoms with Crippen LogP contribution in [0.15, 0.2) is 158 Å². The molecule has 0 aromatic heterocycles. The minimum atomic E-state index is -4.64. The van der Waals surface area contributed by atoms with Gasteiger partial charge < -0.3 is 55.2 Å². The van der Waals surface area contributed by atoms with Gasteiger partial charge in [-0.15, -0.1) is 0 Å². The van der Waals surface area contributed by atoms with Crippen molar-refractivity contribution in [1.82, 2.24) is 29.4 Å². The summed E-state index contributed by atoms with van der Waals surface area (Å²) in [5.41, 5.74) is 20.0. The lowest BCUT2D eigenvalue weighted by Gasteiger charge is -2.32. The fourth-order valence-electron chi connectivity index (χ4n) is 12.0. The first kappa shape index (κ1) is 70.6. The first-order valence-electron chi connectivity index (χ1n) is 31.9. The number of carbonyl (C=O) groups excluding carboxylic acids is 6. The molecule has 4 aliphatic rings. The minimum absolute atomic E-state index is 0.00416. The number of nitrogens with two attached hydrogens (primary N) is 2. The first-order chi connectivity index (χ1) is 44.7. The van der Waals surface area contributed by atoms with Gasteiger partial charge in [-0.05, 0) is 136 Å². The zero-order valence-electron chi connectivity index (χ0n) is 53.2. The van der Waals surface area contributed by atoms with Gasteiger partial charge in [0.05, 0.1) is 11.4 Å². The van der Waals surface area contributed by atoms with Gasteiger partial charge in [-0.1, -0.05) is 121 Å². The van der Waals surface area contributed by atoms with E-state index in [4.69, 9.17) is 40.2 Å². The van der Waals surface area contributed by atoms with Gasteiger partial charge in [0, 0.05) is 114 Å². The molecule has 23 heteroatoms. The Morgan fingerprint density at radius 1 is 0.452 bits per heavy atom. The zero-order valence-corrected chi connectivity index (χ0v) is 54.1. The third-order valence-corrected chi connectivity index (χ3v) is 17.5. The van der Waals surface area contributed by atoms with Crippen molar-refractivity contribution in [2.45, 2.75) is 76.7 Å². The van der Waals surface area contributed by atoms with E-state index in [0.717, 1.165) is 175 Å². The fraction of sp³-hybridized carbons (Fsp3) is 0.400. The maximum atomic E-state index is 13.0. The van der Waals surface area contributed by atoms with Crippen LogP contribution < -0.4 is 22.1 Å². The van der Waals surface area contributed by atoms with Gasteiger partial charge in [0.2, 0.25) is 11.8 Å². The molecule has 0 bridgehead atoms. The summed E-state index contributed by atoms with van der Waals surface area (Å²) in [4.78, 5) is 109. The molecule has 6 aromatic carbocycles. The second-order valence-corrected chi connectivity index (χ2v) is 25.3. The Bertz CT molecular complexity index is 3200. The van der Waals surface area contributed by atoms with Crippen LogP contribution in [0.4, 0.5) is 21.0 Å². The molecule has 4 fully saturated rings. The Morgan fingerprint density at radius 3 is 1.08 bits per heavy atom. The van der Waals surface area contributed by atoms with Crippen molar-refractivity contribution in [3.8, 4) is 22.3 Å². The van der Waals surface area contributed by atoms with E-state index in [9.17, 15) is 28.8 Å². The Kier molecular flexibility index (Phi) is 26.6. The van der Waals surface area contributed by atoms with E-state index >= 15 is 0 Å². The number of phosphoric acid groups is 1. The van der Waals surface area contributed by atoms with Gasteiger partial charge in [0.1, 0.15) is 12.2 Å². The van der Waals surface area contributed by atoms with Crippen molar-refractivity contribution in [3.63, 3.8) is 0 Å². The monoisotopic (exact) mass is 1290 g/mol. The van der Waals surface area contributed by atoms with Gasteiger partial charge in [-0.25, -0.2) is 14.2 Å². The number of primary amides is 2. The van der Waals surface area contributed by atoms with Crippen LogP contribution in [0.1, 0.15) is 83.2 Å². The molecule has 10 rings (SSSR count). The fourth-order valence-corrected chi connectivity index (χ4v) is 12.0. The molecule has 4 saturated heterocycles. The molecule has 496 valence electrons. The third-order valence-electron chi connectivity index (χ3n) is 17.5. The number of rotatable bonds is 20. The molecule has 6 aromatic rings. The standard InChI is InChI=1S/2C35H43N5O4.H3O4P/c2*1-38(34(42)29-13-11-26(12-14-29)25-40-19-15-28(16-20-40)33(36)41)23-24-39-21-17-30(18-22-39)44-35(43)37-32-10-6-5-9-31(32)27-7-3-2-4-8-27;1-5(2,3)4/h2*2-14,28,30H,15-25H2,1H3,(H2,36,41)(H,37,43);(H3,1,2,3,4). The summed E-state index contributed by atoms with van der Waals surface area (Å²) >= 11 is 0. The van der Waals surface area contributed by atoms with E-state index < -0.39 is 20.0 Å². The number of anilines is 2. The maximum absolute atomic E-state index is 13.0. The Hall–Kier alpha value is -8.31. The van der Waals surface area contributed by atoms with Crippen molar-refractivity contribution in [1.29, 1.82) is 0 Å². The van der Waals surface area contributed by atoms with Crippen LogP contribution in [0.25, 0.3) is 22.3 Å². The Morgan fingerprint density at radius 2 is 0.753 bits per heavy atom. The largest absolute Gasteiger partial charge is 0.466 e. The summed E-state index contributed by atoms with van der Waals surface area (Å²) in [5.74, 6) is -0.411. The van der Waals surface area contributed by atoms with Crippen LogP contribution in [0.2, 0.25) is 0 Å². The minimum Gasteiger partial charge on any atom is -0.446 e. The molecule has 0 saturated carbocycles. The summed E-state index contributed by atoms with van der Waals surface area (Å²) in [7, 11) is -0.959. The lowest BCUT2D eigenvalue weighted by atomic mass is 9.96. The molecule has 9 N–H and O–H groups in total. The van der Waals surface area contributed by atoms with E-state index in [1.165, 1.54) is 0 Å². The number of ether oxygens (including phenoxy) is 2. The number of nitrogens with zero attached hydrogens (tertiary/aromatic N) is 6. The molecular formula is C70H89N10O12P. The van der Waals surface area contributed by atoms with Crippen molar-refractivity contribution < 1.29 is 57.5 Å². The van der Waals surface area contributed by atoms with Crippen LogP contribution in [-0.4, -0.2) is 185 Å². The SMILES string of the molecule is CN(CCN1CCC(OC(=O)Nc2ccccc2-c2ccccc2)CC1)C(=O)c1ccc(CN2CCC(C(N)=O)CC2)cc1.CN(CCN1CCC(OC(=O)Nc2ccccc2-c2ccccc2)CC1)C(=O)c1ccc(CN2CCC(C(N)=O)CC2)cc1.O=P(O)(O)O. The topological polar surface area (TPSA) is 294 Å². The van der Waals surface area contributed by atoms with E-state index in [-0.39, 0.29) is 47.7 Å². The van der Waals surface area contributed by atoms with Crippen LogP contribution in [0.5, 0.6) is 0 Å². The number of para-hydroxylation sites is 2. The van der Waals surface area contributed by atoms with Crippen LogP contribution in [-0.2, 0) is 36.7 Å². The third kappa shape index (κ3) is 23.0. The second kappa shape index (κ2) is 35.1. The molecule has 4 aliphatic heterocycles. The molecule has 6 amide bonds. The molecule has 0 spiro atoms. The number of amides is 6. The van der Waals surface area contributed by atoms with Crippen molar-refractivity contribution in [2.24, 2.45) is 23.3 Å². The van der Waals surface area contributed by atoms with Crippen LogP contribution in [0.3, 0.4) is 0 Å². The van der Waals surface area contributed by atoms with Crippen LogP contribution >= 0.6 is 7.82 Å². The van der Waals surface area contributed by atoms with Gasteiger partial charge in [-0.3, -0.25) is 39.6 Å². The highest BCUT2D eigenvalue weighted by molar-refractivity contribution is 7.45. The number of piperidine rings is 4. The van der Waals surface area contributed by atoms with Crippen molar-refractivity contribution >= 4 is 55.0 Å². The smallest absolute Gasteiger partial charge is 0.446 e. The van der Waals surface area contributed by atoms with Gasteiger partial charge in [0.15, 0.2) is 0 Å². The summed E-state index contributed by atoms with van der Waals surface area (Å²) in [6.45, 7) is 11.1. The summed E-state index contributed by atoms with van der Waals surface area (Å²) in [6, 6.07) is 51.0. The van der Waals surface area contributed by atoms with Gasteiger partial charge >= 0.3 is 20.0 Å². The van der Waals surface area contributed by atoms with Crippen molar-refractivity contribution in [3.05, 3.63) is 180 Å². The molecular weight excluding hydrogens is 1200 g/mol. The number of hydrogen-bond donors (Lipinski definition) is 7. The first-order valence-corrected chi connectivity index (χ1v) is 33.5. The number of carbonyl (C=O) groups is 6. The quantitative estimate of drug-likeness (QED) is 0.0352. The molecule has 0 radical (unpaired) electrons. The number of benzene rings is 6. The van der Waals surface area contributed by atoms with E-state index in [1.807, 2.05) is 172 Å². The van der Waals surface area contributed by atoms with Crippen LogP contribution in [0, 0.1) is 11.8 Å². The molecule has 0 atom stereocenters. The molecule has 93 heavy (non-hydrogen) atoms. The van der Waals surface area contributed by atoms with E-state index in [1.54, 1.807) is 9.80 Å². The van der Waals surface area contributed by atoms with Crippen molar-refractivity contribution in [2.75, 3.05) is 103 Å². The Balaban J connectivity index is 0.000000223. The Labute approximate surface area is 545 Å². The summed E-state index contributed by atoms with van der Waals surface area (Å²) < 4.78 is 20.4. The molecule has 0 unspecified atom stereocenters. The number of likely N-dealkylation sites (tertiary alicyclic amines) is 4. The zero-order chi connectivity index (χ0) is 66.3. The summed E-state index contributed by atoms with van der Waals surface area (Å²) in [5, 5.41) is 5.86. The average molecular weight is 1290 g/mol. The van der Waals surface area contributed by atoms with Gasteiger partial charge in [0.25, 0.3) is 11.8 Å². The number of hydrogen-bond acceptors (Lipinski definition) is 13. The molecule has 22 nitrogen and oxygen atoms in total. The lowest BCUT2D eigenvalue weighted by Crippen LogP contribution is -2.42. The number of likely N-dealkylation sites (N-methyl/N-ethyl adjacent to an activating group) is 2. The molecule has 0 aliphatic carbocycles. The normalized spacial score (nSPS) is 16.5. The highest BCUT2D eigenvalue weighted by atomic mass is 31.2. The maximum Gasteiger partial charge on any atom is 0.466 e.